The van der Waals surface area contributed by atoms with Crippen LogP contribution in [0.1, 0.15) is 12.5 Å². The van der Waals surface area contributed by atoms with E-state index in [0.29, 0.717) is 24.6 Å². The van der Waals surface area contributed by atoms with Crippen molar-refractivity contribution in [2.24, 2.45) is 0 Å². The third kappa shape index (κ3) is 3.87. The van der Waals surface area contributed by atoms with E-state index in [1.165, 1.54) is 6.92 Å². The van der Waals surface area contributed by atoms with Crippen molar-refractivity contribution in [2.45, 2.75) is 13.3 Å². The first-order valence-corrected chi connectivity index (χ1v) is 6.05. The topological polar surface area (TPSA) is 76.7 Å². The van der Waals surface area contributed by atoms with Gasteiger partial charge in [0, 0.05) is 20.0 Å². The summed E-state index contributed by atoms with van der Waals surface area (Å²) < 4.78 is 10.4. The molecular formula is C13H16N2O4. The average Bonchev–Trinajstić information content (AvgIpc) is 2.82. The highest BCUT2D eigenvalue weighted by atomic mass is 16.7. The Bertz CT molecular complexity index is 488. The van der Waals surface area contributed by atoms with Crippen molar-refractivity contribution in [3.8, 4) is 11.5 Å². The minimum Gasteiger partial charge on any atom is -0.454 e. The summed E-state index contributed by atoms with van der Waals surface area (Å²) in [5.41, 5.74) is 0.862. The molecular weight excluding hydrogens is 248 g/mol. The zero-order chi connectivity index (χ0) is 13.7. The Hall–Kier alpha value is -2.24. The molecule has 1 heterocycles. The van der Waals surface area contributed by atoms with Gasteiger partial charge >= 0.3 is 0 Å². The number of fused-ring (bicyclic) bond motifs is 1. The van der Waals surface area contributed by atoms with Crippen molar-refractivity contribution in [3.63, 3.8) is 0 Å². The third-order valence-corrected chi connectivity index (χ3v) is 2.62. The number of benzene rings is 1. The number of rotatable bonds is 5. The summed E-state index contributed by atoms with van der Waals surface area (Å²) in [6.07, 6.45) is 0.275. The zero-order valence-electron chi connectivity index (χ0n) is 10.7. The monoisotopic (exact) mass is 264 g/mol. The maximum Gasteiger partial charge on any atom is 0.231 e. The molecule has 2 amide bonds. The van der Waals surface area contributed by atoms with Gasteiger partial charge in [0.2, 0.25) is 18.6 Å². The summed E-state index contributed by atoms with van der Waals surface area (Å²) in [6, 6.07) is 5.43. The summed E-state index contributed by atoms with van der Waals surface area (Å²) in [4.78, 5) is 22.3. The van der Waals surface area contributed by atoms with Gasteiger partial charge in [-0.2, -0.15) is 0 Å². The Kier molecular flexibility index (Phi) is 4.22. The number of ether oxygens (including phenoxy) is 2. The highest BCUT2D eigenvalue weighted by Crippen LogP contribution is 2.32. The van der Waals surface area contributed by atoms with E-state index in [2.05, 4.69) is 10.6 Å². The van der Waals surface area contributed by atoms with Crippen LogP contribution in [0.15, 0.2) is 18.2 Å². The van der Waals surface area contributed by atoms with Gasteiger partial charge in [-0.3, -0.25) is 9.59 Å². The summed E-state index contributed by atoms with van der Waals surface area (Å²) in [5.74, 6) is 1.17. The minimum atomic E-state index is -0.106. The summed E-state index contributed by atoms with van der Waals surface area (Å²) in [7, 11) is 0. The molecule has 6 heteroatoms. The molecule has 2 N–H and O–H groups in total. The predicted octanol–water partition coefficient (Wildman–Crippen LogP) is 0.210. The Morgan fingerprint density at radius 3 is 2.68 bits per heavy atom. The Morgan fingerprint density at radius 1 is 1.16 bits per heavy atom. The number of amides is 2. The second-order valence-corrected chi connectivity index (χ2v) is 4.20. The SMILES string of the molecule is CC(=O)NCCNC(=O)Cc1ccc2c(c1)OCO2. The van der Waals surface area contributed by atoms with Crippen molar-refractivity contribution < 1.29 is 19.1 Å². The number of carbonyl (C=O) groups excluding carboxylic acids is 2. The molecule has 6 nitrogen and oxygen atoms in total. The lowest BCUT2D eigenvalue weighted by Gasteiger charge is -2.06. The highest BCUT2D eigenvalue weighted by molar-refractivity contribution is 5.79. The highest BCUT2D eigenvalue weighted by Gasteiger charge is 2.14. The van der Waals surface area contributed by atoms with E-state index in [1.54, 1.807) is 12.1 Å². The predicted molar refractivity (Wildman–Crippen MR) is 68.0 cm³/mol. The maximum absolute atomic E-state index is 11.7. The fourth-order valence-electron chi connectivity index (χ4n) is 1.74. The van der Waals surface area contributed by atoms with Crippen LogP contribution < -0.4 is 20.1 Å². The van der Waals surface area contributed by atoms with E-state index in [-0.39, 0.29) is 25.0 Å². The standard InChI is InChI=1S/C13H16N2O4/c1-9(16)14-4-5-15-13(17)7-10-2-3-11-12(6-10)19-8-18-11/h2-3,6H,4-5,7-8H2,1H3,(H,14,16)(H,15,17). The van der Waals surface area contributed by atoms with Crippen molar-refractivity contribution in [1.82, 2.24) is 10.6 Å². The molecule has 1 aromatic rings. The van der Waals surface area contributed by atoms with Gasteiger partial charge in [-0.15, -0.1) is 0 Å². The van der Waals surface area contributed by atoms with Gasteiger partial charge in [0.1, 0.15) is 0 Å². The summed E-state index contributed by atoms with van der Waals surface area (Å²) in [5, 5.41) is 5.34. The van der Waals surface area contributed by atoms with Crippen LogP contribution in [0.3, 0.4) is 0 Å². The first-order valence-electron chi connectivity index (χ1n) is 6.05. The first kappa shape index (κ1) is 13.2. The number of hydrogen-bond acceptors (Lipinski definition) is 4. The van der Waals surface area contributed by atoms with Gasteiger partial charge in [-0.1, -0.05) is 6.07 Å². The fraction of sp³-hybridized carbons (Fsp3) is 0.385. The molecule has 102 valence electrons. The van der Waals surface area contributed by atoms with Gasteiger partial charge in [0.05, 0.1) is 6.42 Å². The molecule has 0 fully saturated rings. The Balaban J connectivity index is 1.77. The molecule has 0 aliphatic carbocycles. The first-order chi connectivity index (χ1) is 9.15. The van der Waals surface area contributed by atoms with Crippen molar-refractivity contribution >= 4 is 11.8 Å². The van der Waals surface area contributed by atoms with E-state index in [0.717, 1.165) is 5.56 Å². The van der Waals surface area contributed by atoms with Gasteiger partial charge < -0.3 is 20.1 Å². The molecule has 0 atom stereocenters. The summed E-state index contributed by atoms with van der Waals surface area (Å²) >= 11 is 0. The van der Waals surface area contributed by atoms with E-state index in [4.69, 9.17) is 9.47 Å². The second-order valence-electron chi connectivity index (χ2n) is 4.20. The van der Waals surface area contributed by atoms with Gasteiger partial charge in [0.15, 0.2) is 11.5 Å². The molecule has 1 aromatic carbocycles. The quantitative estimate of drug-likeness (QED) is 0.745. The average molecular weight is 264 g/mol. The normalized spacial score (nSPS) is 12.1. The van der Waals surface area contributed by atoms with Crippen LogP contribution in [0.2, 0.25) is 0 Å². The third-order valence-electron chi connectivity index (χ3n) is 2.62. The van der Waals surface area contributed by atoms with Gasteiger partial charge in [-0.05, 0) is 17.7 Å². The van der Waals surface area contributed by atoms with Crippen LogP contribution in [0.4, 0.5) is 0 Å². The number of hydrogen-bond donors (Lipinski definition) is 2. The smallest absolute Gasteiger partial charge is 0.231 e. The van der Waals surface area contributed by atoms with Crippen LogP contribution in [-0.2, 0) is 16.0 Å². The lowest BCUT2D eigenvalue weighted by molar-refractivity contribution is -0.121. The molecule has 0 bridgehead atoms. The molecule has 2 rings (SSSR count). The summed E-state index contributed by atoms with van der Waals surface area (Å²) in [6.45, 7) is 2.52. The molecule has 0 aromatic heterocycles. The van der Waals surface area contributed by atoms with E-state index in [9.17, 15) is 9.59 Å². The van der Waals surface area contributed by atoms with Crippen LogP contribution >= 0.6 is 0 Å². The van der Waals surface area contributed by atoms with Crippen molar-refractivity contribution in [3.05, 3.63) is 23.8 Å². The lowest BCUT2D eigenvalue weighted by atomic mass is 10.1. The molecule has 19 heavy (non-hydrogen) atoms. The van der Waals surface area contributed by atoms with Crippen LogP contribution in [0.5, 0.6) is 11.5 Å². The van der Waals surface area contributed by atoms with Crippen LogP contribution in [0.25, 0.3) is 0 Å². The molecule has 1 aliphatic heterocycles. The van der Waals surface area contributed by atoms with Gasteiger partial charge in [0.25, 0.3) is 0 Å². The molecule has 1 aliphatic rings. The van der Waals surface area contributed by atoms with Crippen LogP contribution in [0, 0.1) is 0 Å². The molecule has 0 spiro atoms. The number of carbonyl (C=O) groups is 2. The van der Waals surface area contributed by atoms with Gasteiger partial charge in [-0.25, -0.2) is 0 Å². The Labute approximate surface area is 111 Å². The lowest BCUT2D eigenvalue weighted by Crippen LogP contribution is -2.34. The zero-order valence-corrected chi connectivity index (χ0v) is 10.7. The van der Waals surface area contributed by atoms with Crippen molar-refractivity contribution in [2.75, 3.05) is 19.9 Å². The molecule has 0 radical (unpaired) electrons. The molecule has 0 unspecified atom stereocenters. The van der Waals surface area contributed by atoms with Crippen molar-refractivity contribution in [1.29, 1.82) is 0 Å². The second kappa shape index (κ2) is 6.08. The Morgan fingerprint density at radius 2 is 1.89 bits per heavy atom. The largest absolute Gasteiger partial charge is 0.454 e. The van der Waals surface area contributed by atoms with Crippen LogP contribution in [-0.4, -0.2) is 31.7 Å². The fourth-order valence-corrected chi connectivity index (χ4v) is 1.74. The maximum atomic E-state index is 11.7. The van der Waals surface area contributed by atoms with E-state index >= 15 is 0 Å². The molecule has 0 saturated heterocycles. The minimum absolute atomic E-state index is 0.0933. The van der Waals surface area contributed by atoms with E-state index < -0.39 is 0 Å². The van der Waals surface area contributed by atoms with E-state index in [1.807, 2.05) is 6.07 Å². The number of nitrogens with one attached hydrogen (secondary N) is 2. The molecule has 0 saturated carbocycles.